The highest BCUT2D eigenvalue weighted by Crippen LogP contribution is 2.26. The highest BCUT2D eigenvalue weighted by Gasteiger charge is 2.25. The van der Waals surface area contributed by atoms with Crippen molar-refractivity contribution in [3.8, 4) is 5.75 Å². The molecule has 27 heavy (non-hydrogen) atoms. The van der Waals surface area contributed by atoms with Gasteiger partial charge in [0.1, 0.15) is 12.0 Å². The number of aryl methyl sites for hydroxylation is 1. The Morgan fingerprint density at radius 2 is 2.11 bits per heavy atom. The van der Waals surface area contributed by atoms with Gasteiger partial charge in [-0.05, 0) is 31.9 Å². The van der Waals surface area contributed by atoms with Crippen molar-refractivity contribution in [1.29, 1.82) is 0 Å². The molecule has 142 valence electrons. The minimum atomic E-state index is -0.0868. The molecule has 0 N–H and O–H groups in total. The molecule has 1 amide bonds. The number of hydrogen-bond acceptors (Lipinski definition) is 6. The van der Waals surface area contributed by atoms with E-state index in [0.29, 0.717) is 23.4 Å². The van der Waals surface area contributed by atoms with Gasteiger partial charge in [-0.2, -0.15) is 0 Å². The smallest absolute Gasteiger partial charge is 0.275 e. The van der Waals surface area contributed by atoms with Gasteiger partial charge in [0.15, 0.2) is 12.3 Å². The van der Waals surface area contributed by atoms with Gasteiger partial charge in [-0.3, -0.25) is 4.79 Å². The fourth-order valence-corrected chi connectivity index (χ4v) is 4.36. The van der Waals surface area contributed by atoms with Gasteiger partial charge in [-0.1, -0.05) is 19.3 Å². The molecular weight excluding hydrogens is 362 g/mol. The highest BCUT2D eigenvalue weighted by molar-refractivity contribution is 7.18. The lowest BCUT2D eigenvalue weighted by Crippen LogP contribution is -2.38. The van der Waals surface area contributed by atoms with Crippen molar-refractivity contribution in [1.82, 2.24) is 14.9 Å². The van der Waals surface area contributed by atoms with Crippen molar-refractivity contribution in [2.24, 2.45) is 0 Å². The first kappa shape index (κ1) is 18.0. The van der Waals surface area contributed by atoms with Crippen LogP contribution in [-0.2, 0) is 6.61 Å². The van der Waals surface area contributed by atoms with Crippen LogP contribution >= 0.6 is 11.3 Å². The van der Waals surface area contributed by atoms with Crippen LogP contribution in [0.2, 0.25) is 0 Å². The normalized spacial score (nSPS) is 15.2. The number of benzene rings is 1. The fraction of sp³-hybridized carbons (Fsp3) is 0.450. The van der Waals surface area contributed by atoms with Crippen molar-refractivity contribution >= 4 is 27.5 Å². The van der Waals surface area contributed by atoms with Crippen LogP contribution in [0.1, 0.15) is 53.5 Å². The summed E-state index contributed by atoms with van der Waals surface area (Å²) in [5, 5.41) is 1.03. The number of carbonyl (C=O) groups is 1. The van der Waals surface area contributed by atoms with Crippen LogP contribution in [-0.4, -0.2) is 33.9 Å². The number of carbonyl (C=O) groups excluding carboxylic acids is 1. The van der Waals surface area contributed by atoms with E-state index in [1.807, 2.05) is 32.2 Å². The Morgan fingerprint density at radius 3 is 2.93 bits per heavy atom. The quantitative estimate of drug-likeness (QED) is 0.643. The molecule has 0 unspecified atom stereocenters. The van der Waals surface area contributed by atoms with E-state index in [1.165, 1.54) is 25.5 Å². The molecule has 3 aromatic rings. The molecule has 2 heterocycles. The van der Waals surface area contributed by atoms with E-state index in [0.717, 1.165) is 28.1 Å². The summed E-state index contributed by atoms with van der Waals surface area (Å²) < 4.78 is 12.3. The van der Waals surface area contributed by atoms with E-state index in [-0.39, 0.29) is 12.5 Å². The number of rotatable bonds is 5. The Bertz CT molecular complexity index is 943. The van der Waals surface area contributed by atoms with Gasteiger partial charge in [0.25, 0.3) is 5.91 Å². The summed E-state index contributed by atoms with van der Waals surface area (Å²) in [6.07, 6.45) is 7.18. The number of aromatic nitrogens is 2. The van der Waals surface area contributed by atoms with Gasteiger partial charge >= 0.3 is 0 Å². The van der Waals surface area contributed by atoms with E-state index in [1.54, 1.807) is 16.2 Å². The third kappa shape index (κ3) is 3.98. The Kier molecular flexibility index (Phi) is 5.11. The third-order valence-corrected chi connectivity index (χ3v) is 5.99. The maximum Gasteiger partial charge on any atom is 0.275 e. The summed E-state index contributed by atoms with van der Waals surface area (Å²) in [4.78, 5) is 23.2. The molecule has 0 bridgehead atoms. The molecule has 0 saturated heterocycles. The molecule has 0 aliphatic heterocycles. The number of ether oxygens (including phenoxy) is 1. The maximum absolute atomic E-state index is 12.6. The van der Waals surface area contributed by atoms with E-state index in [2.05, 4.69) is 9.97 Å². The highest BCUT2D eigenvalue weighted by atomic mass is 32.1. The average molecular weight is 385 g/mol. The minimum Gasteiger partial charge on any atom is -0.484 e. The van der Waals surface area contributed by atoms with Crippen LogP contribution in [0, 0.1) is 6.92 Å². The van der Waals surface area contributed by atoms with Crippen LogP contribution in [0.25, 0.3) is 10.2 Å². The van der Waals surface area contributed by atoms with Gasteiger partial charge in [0.05, 0.1) is 15.2 Å². The predicted octanol–water partition coefficient (Wildman–Crippen LogP) is 4.58. The van der Waals surface area contributed by atoms with Crippen molar-refractivity contribution in [3.63, 3.8) is 0 Å². The first-order valence-corrected chi connectivity index (χ1v) is 10.1. The molecule has 4 rings (SSSR count). The molecular formula is C20H23N3O3S. The van der Waals surface area contributed by atoms with Crippen molar-refractivity contribution < 1.29 is 13.9 Å². The van der Waals surface area contributed by atoms with E-state index in [9.17, 15) is 4.79 Å². The Balaban J connectivity index is 1.38. The summed E-state index contributed by atoms with van der Waals surface area (Å²) in [6.45, 7) is 2.16. The molecule has 0 spiro atoms. The monoisotopic (exact) mass is 385 g/mol. The lowest BCUT2D eigenvalue weighted by atomic mass is 9.94. The number of fused-ring (bicyclic) bond motifs is 1. The zero-order chi connectivity index (χ0) is 18.8. The molecule has 1 aliphatic carbocycles. The molecule has 1 aliphatic rings. The van der Waals surface area contributed by atoms with Gasteiger partial charge in [0.2, 0.25) is 5.89 Å². The molecule has 2 aromatic heterocycles. The van der Waals surface area contributed by atoms with Crippen molar-refractivity contribution in [2.75, 3.05) is 7.05 Å². The standard InChI is InChI=1S/C20H23N3O3S/c1-13-21-16-10-15(8-9-18(16)27-13)25-12-19-22-17(11-26-19)20(24)23(2)14-6-4-3-5-7-14/h8-11,14H,3-7,12H2,1-2H3. The second-order valence-electron chi connectivity index (χ2n) is 6.99. The van der Waals surface area contributed by atoms with E-state index >= 15 is 0 Å². The number of oxazole rings is 1. The second-order valence-corrected chi connectivity index (χ2v) is 8.22. The lowest BCUT2D eigenvalue weighted by molar-refractivity contribution is 0.0690. The molecule has 1 aromatic carbocycles. The van der Waals surface area contributed by atoms with E-state index in [4.69, 9.17) is 9.15 Å². The molecule has 7 heteroatoms. The Hall–Kier alpha value is -2.41. The summed E-state index contributed by atoms with van der Waals surface area (Å²) in [5.41, 5.74) is 1.26. The molecule has 6 nitrogen and oxygen atoms in total. The third-order valence-electron chi connectivity index (χ3n) is 5.04. The summed E-state index contributed by atoms with van der Waals surface area (Å²) in [6, 6.07) is 6.12. The first-order chi connectivity index (χ1) is 13.1. The van der Waals surface area contributed by atoms with Crippen LogP contribution in [0.4, 0.5) is 0 Å². The fourth-order valence-electron chi connectivity index (χ4n) is 3.55. The molecule has 0 radical (unpaired) electrons. The number of amides is 1. The topological polar surface area (TPSA) is 68.5 Å². The van der Waals surface area contributed by atoms with Crippen molar-refractivity contribution in [2.45, 2.75) is 51.7 Å². The molecule has 1 saturated carbocycles. The van der Waals surface area contributed by atoms with Crippen LogP contribution in [0.5, 0.6) is 5.75 Å². The number of nitrogens with zero attached hydrogens (tertiary/aromatic N) is 3. The average Bonchev–Trinajstić information content (AvgIpc) is 3.31. The lowest BCUT2D eigenvalue weighted by Gasteiger charge is -2.30. The summed E-state index contributed by atoms with van der Waals surface area (Å²) in [5.74, 6) is 1.01. The second kappa shape index (κ2) is 7.68. The van der Waals surface area contributed by atoms with Crippen LogP contribution in [0.15, 0.2) is 28.9 Å². The Labute approximate surface area is 162 Å². The van der Waals surface area contributed by atoms with Gasteiger partial charge in [-0.25, -0.2) is 9.97 Å². The van der Waals surface area contributed by atoms with Crippen molar-refractivity contribution in [3.05, 3.63) is 41.1 Å². The summed E-state index contributed by atoms with van der Waals surface area (Å²) >= 11 is 1.66. The van der Waals surface area contributed by atoms with Gasteiger partial charge in [0, 0.05) is 19.2 Å². The SMILES string of the molecule is Cc1nc2cc(OCc3nc(C(=O)N(C)C4CCCCC4)co3)ccc2s1. The van der Waals surface area contributed by atoms with E-state index < -0.39 is 0 Å². The van der Waals surface area contributed by atoms with Crippen LogP contribution in [0.3, 0.4) is 0 Å². The largest absolute Gasteiger partial charge is 0.484 e. The van der Waals surface area contributed by atoms with Gasteiger partial charge < -0.3 is 14.1 Å². The molecule has 0 atom stereocenters. The zero-order valence-corrected chi connectivity index (χ0v) is 16.4. The van der Waals surface area contributed by atoms with Gasteiger partial charge in [-0.15, -0.1) is 11.3 Å². The minimum absolute atomic E-state index is 0.0868. The molecule has 1 fully saturated rings. The predicted molar refractivity (Wildman–Crippen MR) is 104 cm³/mol. The number of thiazole rings is 1. The van der Waals surface area contributed by atoms with Crippen LogP contribution < -0.4 is 4.74 Å². The number of hydrogen-bond donors (Lipinski definition) is 0. The maximum atomic E-state index is 12.6. The first-order valence-electron chi connectivity index (χ1n) is 9.32. The summed E-state index contributed by atoms with van der Waals surface area (Å²) in [7, 11) is 1.86. The Morgan fingerprint density at radius 1 is 1.30 bits per heavy atom. The zero-order valence-electron chi connectivity index (χ0n) is 15.6.